The minimum atomic E-state index is 0.0472. The van der Waals surface area contributed by atoms with E-state index < -0.39 is 0 Å². The van der Waals surface area contributed by atoms with Gasteiger partial charge in [-0.25, -0.2) is 0 Å². The Morgan fingerprint density at radius 1 is 0.431 bits per heavy atom. The van der Waals surface area contributed by atoms with Gasteiger partial charge in [0.25, 0.3) is 0 Å². The van der Waals surface area contributed by atoms with Crippen molar-refractivity contribution in [2.75, 3.05) is 4.90 Å². The van der Waals surface area contributed by atoms with E-state index in [1.54, 1.807) is 0 Å². The molecule has 0 atom stereocenters. The Morgan fingerprint density at radius 3 is 1.78 bits per heavy atom. The van der Waals surface area contributed by atoms with Crippen molar-refractivity contribution in [1.82, 2.24) is 4.57 Å². The molecule has 0 N–H and O–H groups in total. The Hall–Kier alpha value is -6.06. The lowest BCUT2D eigenvalue weighted by Gasteiger charge is -2.39. The molecule has 1 saturated carbocycles. The van der Waals surface area contributed by atoms with Crippen molar-refractivity contribution in [2.24, 2.45) is 0 Å². The van der Waals surface area contributed by atoms with E-state index in [1.165, 1.54) is 65.0 Å². The second-order valence-electron chi connectivity index (χ2n) is 14.1. The normalized spacial score (nSPS) is 14.4. The van der Waals surface area contributed by atoms with Crippen LogP contribution >= 0.6 is 0 Å². The van der Waals surface area contributed by atoms with Gasteiger partial charge in [0.15, 0.2) is 0 Å². The van der Waals surface area contributed by atoms with Gasteiger partial charge in [-0.2, -0.15) is 0 Å². The van der Waals surface area contributed by atoms with Crippen LogP contribution in [0.3, 0.4) is 0 Å². The van der Waals surface area contributed by atoms with Gasteiger partial charge in [-0.15, -0.1) is 0 Å². The summed E-state index contributed by atoms with van der Waals surface area (Å²) in [4.78, 5) is 2.39. The molecule has 3 nitrogen and oxygen atoms in total. The van der Waals surface area contributed by atoms with Gasteiger partial charge in [0.2, 0.25) is 0 Å². The molecule has 0 bridgehead atoms. The summed E-state index contributed by atoms with van der Waals surface area (Å²) >= 11 is 0. The van der Waals surface area contributed by atoms with Crippen LogP contribution in [0.5, 0.6) is 0 Å². The fourth-order valence-electron chi connectivity index (χ4n) is 8.84. The molecule has 0 aliphatic heterocycles. The largest absolute Gasteiger partial charge is 0.456 e. The number of rotatable bonds is 6. The smallest absolute Gasteiger partial charge is 0.137 e. The highest BCUT2D eigenvalue weighted by molar-refractivity contribution is 6.11. The number of hydrogen-bond acceptors (Lipinski definition) is 2. The van der Waals surface area contributed by atoms with E-state index in [-0.39, 0.29) is 5.41 Å². The number of anilines is 3. The van der Waals surface area contributed by atoms with E-state index in [1.807, 2.05) is 6.07 Å². The molecule has 0 spiro atoms. The van der Waals surface area contributed by atoms with Gasteiger partial charge in [0.05, 0.1) is 11.0 Å². The summed E-state index contributed by atoms with van der Waals surface area (Å²) < 4.78 is 8.83. The monoisotopic (exact) mass is 658 g/mol. The number of nitrogens with zero attached hydrogens (tertiary/aromatic N) is 2. The molecule has 2 heterocycles. The first kappa shape index (κ1) is 29.8. The highest BCUT2D eigenvalue weighted by Gasteiger charge is 2.35. The van der Waals surface area contributed by atoms with Gasteiger partial charge in [-0.05, 0) is 84.6 Å². The van der Waals surface area contributed by atoms with Crippen LogP contribution in [-0.2, 0) is 5.41 Å². The predicted molar refractivity (Wildman–Crippen MR) is 213 cm³/mol. The third kappa shape index (κ3) is 4.87. The van der Waals surface area contributed by atoms with Crippen LogP contribution < -0.4 is 4.90 Å². The van der Waals surface area contributed by atoms with Crippen molar-refractivity contribution in [3.05, 3.63) is 181 Å². The minimum absolute atomic E-state index is 0.0472. The SMILES string of the molecule is c1ccc(-n2c3ccccc3c3ccc(N(c4ccc(C5(c6ccccc6)CCCCC5)cc4)c4ccc5c(c4)oc4ccccc45)cc32)cc1. The second kappa shape index (κ2) is 12.1. The average molecular weight is 659 g/mol. The topological polar surface area (TPSA) is 21.3 Å². The maximum atomic E-state index is 6.43. The maximum Gasteiger partial charge on any atom is 0.137 e. The predicted octanol–water partition coefficient (Wildman–Crippen LogP) is 13.4. The Labute approximate surface area is 298 Å². The molecule has 0 amide bonds. The van der Waals surface area contributed by atoms with Crippen molar-refractivity contribution < 1.29 is 4.42 Å². The highest BCUT2D eigenvalue weighted by Crippen LogP contribution is 2.47. The van der Waals surface area contributed by atoms with Gasteiger partial charge >= 0.3 is 0 Å². The fraction of sp³-hybridized carbons (Fsp3) is 0.125. The third-order valence-electron chi connectivity index (χ3n) is 11.3. The van der Waals surface area contributed by atoms with E-state index >= 15 is 0 Å². The van der Waals surface area contributed by atoms with E-state index in [4.69, 9.17) is 4.42 Å². The lowest BCUT2D eigenvalue weighted by Crippen LogP contribution is -2.30. The average Bonchev–Trinajstić information content (AvgIpc) is 3.74. The molecule has 0 saturated heterocycles. The summed E-state index contributed by atoms with van der Waals surface area (Å²) in [6, 6.07) is 61.9. The standard InChI is InChI=1S/C48H38N2O/c1-4-14-34(15-5-1)48(30-12-3-13-31-48)35-22-24-37(25-23-35)49(39-27-29-43-42-19-9-11-21-46(42)51-47(43)33-39)38-26-28-41-40-18-8-10-20-44(40)50(45(41)32-38)36-16-6-2-7-17-36/h1-2,4-11,14-29,32-33H,3,12-13,30-31H2. The Bertz CT molecular complexity index is 2660. The zero-order chi connectivity index (χ0) is 33.8. The number of fused-ring (bicyclic) bond motifs is 6. The quantitative estimate of drug-likeness (QED) is 0.177. The Kier molecular flexibility index (Phi) is 7.06. The van der Waals surface area contributed by atoms with Crippen molar-refractivity contribution >= 4 is 60.8 Å². The summed E-state index contributed by atoms with van der Waals surface area (Å²) in [6.45, 7) is 0. The highest BCUT2D eigenvalue weighted by atomic mass is 16.3. The molecule has 1 aliphatic carbocycles. The van der Waals surface area contributed by atoms with Crippen molar-refractivity contribution in [3.63, 3.8) is 0 Å². The molecule has 246 valence electrons. The van der Waals surface area contributed by atoms with E-state index in [0.29, 0.717) is 0 Å². The molecule has 1 fully saturated rings. The van der Waals surface area contributed by atoms with E-state index in [0.717, 1.165) is 44.7 Å². The number of hydrogen-bond donors (Lipinski definition) is 0. The first-order valence-electron chi connectivity index (χ1n) is 18.2. The van der Waals surface area contributed by atoms with Crippen LogP contribution in [0.2, 0.25) is 0 Å². The van der Waals surface area contributed by atoms with Gasteiger partial charge in [0.1, 0.15) is 11.2 Å². The van der Waals surface area contributed by atoms with Crippen LogP contribution in [0.25, 0.3) is 49.4 Å². The first-order valence-corrected chi connectivity index (χ1v) is 18.2. The van der Waals surface area contributed by atoms with E-state index in [2.05, 4.69) is 173 Å². The molecule has 9 aromatic rings. The lowest BCUT2D eigenvalue weighted by atomic mass is 9.65. The Balaban J connectivity index is 1.17. The number of benzene rings is 7. The van der Waals surface area contributed by atoms with E-state index in [9.17, 15) is 0 Å². The molecule has 7 aromatic carbocycles. The molecule has 10 rings (SSSR count). The van der Waals surface area contributed by atoms with Gasteiger partial charge < -0.3 is 13.9 Å². The van der Waals surface area contributed by atoms with Crippen LogP contribution in [-0.4, -0.2) is 4.57 Å². The van der Waals surface area contributed by atoms with Gasteiger partial charge in [-0.3, -0.25) is 0 Å². The molecular weight excluding hydrogens is 621 g/mol. The molecule has 2 aromatic heterocycles. The summed E-state index contributed by atoms with van der Waals surface area (Å²) in [5.74, 6) is 0. The Morgan fingerprint density at radius 2 is 1.00 bits per heavy atom. The molecule has 51 heavy (non-hydrogen) atoms. The molecule has 3 heteroatoms. The summed E-state index contributed by atoms with van der Waals surface area (Å²) in [5.41, 5.74) is 11.5. The maximum absolute atomic E-state index is 6.43. The molecule has 0 radical (unpaired) electrons. The van der Waals surface area contributed by atoms with Crippen molar-refractivity contribution in [1.29, 1.82) is 0 Å². The summed E-state index contributed by atoms with van der Waals surface area (Å²) in [5, 5.41) is 4.76. The lowest BCUT2D eigenvalue weighted by molar-refractivity contribution is 0.346. The van der Waals surface area contributed by atoms with Gasteiger partial charge in [0, 0.05) is 55.8 Å². The molecule has 1 aliphatic rings. The van der Waals surface area contributed by atoms with Crippen LogP contribution in [0.1, 0.15) is 43.2 Å². The minimum Gasteiger partial charge on any atom is -0.456 e. The molecule has 0 unspecified atom stereocenters. The third-order valence-corrected chi connectivity index (χ3v) is 11.3. The van der Waals surface area contributed by atoms with Crippen molar-refractivity contribution in [2.45, 2.75) is 37.5 Å². The second-order valence-corrected chi connectivity index (χ2v) is 14.1. The van der Waals surface area contributed by atoms with Crippen LogP contribution in [0.4, 0.5) is 17.1 Å². The first-order chi connectivity index (χ1) is 25.3. The zero-order valence-electron chi connectivity index (χ0n) is 28.5. The number of furan rings is 1. The van der Waals surface area contributed by atoms with Gasteiger partial charge in [-0.1, -0.05) is 122 Å². The summed E-state index contributed by atoms with van der Waals surface area (Å²) in [7, 11) is 0. The molecular formula is C48H38N2O. The fourth-order valence-corrected chi connectivity index (χ4v) is 8.84. The van der Waals surface area contributed by atoms with Crippen LogP contribution in [0, 0.1) is 0 Å². The van der Waals surface area contributed by atoms with Crippen molar-refractivity contribution in [3.8, 4) is 5.69 Å². The number of para-hydroxylation sites is 3. The summed E-state index contributed by atoms with van der Waals surface area (Å²) in [6.07, 6.45) is 6.20. The number of aromatic nitrogens is 1. The zero-order valence-corrected chi connectivity index (χ0v) is 28.5. The van der Waals surface area contributed by atoms with Crippen LogP contribution in [0.15, 0.2) is 174 Å².